The minimum Gasteiger partial charge on any atom is -0.493 e. The van der Waals surface area contributed by atoms with Gasteiger partial charge in [-0.25, -0.2) is 0 Å². The number of aryl methyl sites for hydroxylation is 1. The summed E-state index contributed by atoms with van der Waals surface area (Å²) < 4.78 is 23.1. The summed E-state index contributed by atoms with van der Waals surface area (Å²) in [5, 5.41) is 16.0. The van der Waals surface area contributed by atoms with Crippen LogP contribution in [0.5, 0.6) is 23.0 Å². The van der Waals surface area contributed by atoms with Crippen molar-refractivity contribution in [3.8, 4) is 23.0 Å². The fraction of sp³-hybridized carbons (Fsp3) is 0.212. The molecule has 5 rings (SSSR count). The summed E-state index contributed by atoms with van der Waals surface area (Å²) in [5.41, 5.74) is 3.71. The van der Waals surface area contributed by atoms with Crippen LogP contribution in [0.1, 0.15) is 29.2 Å². The van der Waals surface area contributed by atoms with Gasteiger partial charge < -0.3 is 18.9 Å². The molecule has 9 nitrogen and oxygen atoms in total. The maximum Gasteiger partial charge on any atom is 0.283 e. The van der Waals surface area contributed by atoms with Crippen LogP contribution in [0.4, 0.5) is 0 Å². The normalized spacial score (nSPS) is 15.1. The van der Waals surface area contributed by atoms with Crippen molar-refractivity contribution in [2.75, 3.05) is 26.9 Å². The van der Waals surface area contributed by atoms with E-state index in [0.717, 1.165) is 23.1 Å². The molecule has 226 valence electrons. The third kappa shape index (κ3) is 6.82. The molecule has 0 spiro atoms. The van der Waals surface area contributed by atoms with Gasteiger partial charge in [0.15, 0.2) is 28.8 Å². The van der Waals surface area contributed by atoms with Gasteiger partial charge in [-0.2, -0.15) is 15.1 Å². The number of allylic oxidation sites excluding steroid dienone is 1. The van der Waals surface area contributed by atoms with Gasteiger partial charge in [0.05, 0.1) is 24.3 Å². The first kappa shape index (κ1) is 30.9. The number of hydrazone groups is 1. The molecule has 1 amide bonds. The summed E-state index contributed by atoms with van der Waals surface area (Å²) in [6.07, 6.45) is 4.11. The topological polar surface area (TPSA) is 106 Å². The Morgan fingerprint density at radius 3 is 2.52 bits per heavy atom. The Hall–Kier alpha value is -4.54. The van der Waals surface area contributed by atoms with E-state index in [9.17, 15) is 4.79 Å². The molecule has 2 aliphatic rings. The number of nitrogens with one attached hydrogen (secondary N) is 1. The van der Waals surface area contributed by atoms with E-state index in [2.05, 4.69) is 16.7 Å². The lowest BCUT2D eigenvalue weighted by Crippen LogP contribution is -2.35. The Morgan fingerprint density at radius 2 is 1.80 bits per heavy atom. The summed E-state index contributed by atoms with van der Waals surface area (Å²) in [7, 11) is 1.59. The van der Waals surface area contributed by atoms with Crippen molar-refractivity contribution in [2.45, 2.75) is 20.3 Å². The summed E-state index contributed by atoms with van der Waals surface area (Å²) in [6, 6.07) is 17.0. The van der Waals surface area contributed by atoms with Crippen molar-refractivity contribution < 1.29 is 23.7 Å². The van der Waals surface area contributed by atoms with Crippen LogP contribution in [0.15, 0.2) is 82.9 Å². The van der Waals surface area contributed by atoms with Crippen LogP contribution in [0.25, 0.3) is 6.08 Å². The molecule has 0 aromatic heterocycles. The number of hydrogen-bond acceptors (Lipinski definition) is 8. The minimum atomic E-state index is -0.534. The number of amidine groups is 2. The summed E-state index contributed by atoms with van der Waals surface area (Å²) >= 11 is 7.89. The molecule has 3 aromatic carbocycles. The first-order chi connectivity index (χ1) is 21.3. The maximum atomic E-state index is 13.0. The maximum absolute atomic E-state index is 13.0. The highest BCUT2D eigenvalue weighted by atomic mass is 35.5. The molecule has 2 heterocycles. The number of benzene rings is 3. The first-order valence-corrected chi connectivity index (χ1v) is 15.1. The highest BCUT2D eigenvalue weighted by Gasteiger charge is 2.36. The van der Waals surface area contributed by atoms with E-state index in [4.69, 9.17) is 36.0 Å². The molecule has 0 bridgehead atoms. The van der Waals surface area contributed by atoms with Gasteiger partial charge in [-0.05, 0) is 73.5 Å². The number of carbonyl (C=O) groups excluding carboxylic acids is 1. The second-order valence-corrected chi connectivity index (χ2v) is 11.1. The molecule has 0 saturated heterocycles. The molecule has 0 aliphatic carbocycles. The van der Waals surface area contributed by atoms with Gasteiger partial charge in [0.25, 0.3) is 5.91 Å². The Morgan fingerprint density at radius 1 is 1.02 bits per heavy atom. The van der Waals surface area contributed by atoms with Gasteiger partial charge in [-0.15, -0.1) is 6.58 Å². The lowest BCUT2D eigenvalue weighted by molar-refractivity contribution is -0.114. The number of hydrogen-bond donors (Lipinski definition) is 1. The van der Waals surface area contributed by atoms with Crippen LogP contribution in [0, 0.1) is 12.3 Å². The number of methoxy groups -OCH3 is 1. The van der Waals surface area contributed by atoms with Crippen molar-refractivity contribution in [3.05, 3.63) is 100 Å². The molecule has 0 fully saturated rings. The van der Waals surface area contributed by atoms with Gasteiger partial charge in [-0.3, -0.25) is 10.2 Å². The van der Waals surface area contributed by atoms with Crippen LogP contribution >= 0.6 is 23.4 Å². The number of nitrogens with zero attached hydrogens (tertiary/aromatic N) is 3. The zero-order valence-electron chi connectivity index (χ0n) is 24.6. The second kappa shape index (κ2) is 13.8. The third-order valence-corrected chi connectivity index (χ3v) is 7.83. The monoisotopic (exact) mass is 630 g/mol. The summed E-state index contributed by atoms with van der Waals surface area (Å²) in [4.78, 5) is 17.2. The Kier molecular flexibility index (Phi) is 9.72. The van der Waals surface area contributed by atoms with Crippen LogP contribution < -0.4 is 18.9 Å². The Bertz CT molecular complexity index is 1700. The van der Waals surface area contributed by atoms with E-state index in [1.54, 1.807) is 25.3 Å². The van der Waals surface area contributed by atoms with Crippen LogP contribution in [0.3, 0.4) is 0 Å². The molecule has 0 saturated carbocycles. The lowest BCUT2D eigenvalue weighted by atomic mass is 10.1. The number of ether oxygens (including phenoxy) is 4. The van der Waals surface area contributed by atoms with Crippen molar-refractivity contribution in [1.82, 2.24) is 5.01 Å². The highest BCUT2D eigenvalue weighted by molar-refractivity contribution is 8.27. The fourth-order valence-corrected chi connectivity index (χ4v) is 5.64. The predicted molar refractivity (Wildman–Crippen MR) is 176 cm³/mol. The van der Waals surface area contributed by atoms with Crippen LogP contribution in [-0.2, 0) is 11.2 Å². The van der Waals surface area contributed by atoms with Gasteiger partial charge in [-0.1, -0.05) is 53.6 Å². The smallest absolute Gasteiger partial charge is 0.283 e. The molecule has 0 atom stereocenters. The molecule has 11 heteroatoms. The van der Waals surface area contributed by atoms with Gasteiger partial charge in [0.2, 0.25) is 5.17 Å². The largest absolute Gasteiger partial charge is 0.493 e. The van der Waals surface area contributed by atoms with E-state index in [1.165, 1.54) is 16.8 Å². The molecule has 2 aliphatic heterocycles. The number of thioether (sulfide) groups is 1. The standard InChI is InChI=1S/C33H31ClN4O5S/c1-5-7-21-10-13-26(27(18-21)40-4)42-14-15-43-29-25(34)17-22(19-28(29)41-6-2)16-24-30(35)38-33(36-31(24)39)44-32(37-38)23-11-8-20(3)9-12-23/h5,8-13,16-19,35H,1,6-7,14-15H2,2-4H3/b24-16-,35-30?. The fourth-order valence-electron chi connectivity index (χ4n) is 4.47. The molecule has 3 aromatic rings. The van der Waals surface area contributed by atoms with E-state index in [1.807, 2.05) is 62.4 Å². The van der Waals surface area contributed by atoms with E-state index in [-0.39, 0.29) is 29.6 Å². The summed E-state index contributed by atoms with van der Waals surface area (Å²) in [5.74, 6) is 1.36. The number of amides is 1. The average Bonchev–Trinajstić information content (AvgIpc) is 3.43. The van der Waals surface area contributed by atoms with E-state index in [0.29, 0.717) is 45.4 Å². The summed E-state index contributed by atoms with van der Waals surface area (Å²) in [6.45, 7) is 8.40. The van der Waals surface area contributed by atoms with Crippen molar-refractivity contribution in [3.63, 3.8) is 0 Å². The first-order valence-electron chi connectivity index (χ1n) is 13.9. The molecule has 1 N–H and O–H groups in total. The Labute approximate surface area is 265 Å². The quantitative estimate of drug-likeness (QED) is 0.132. The molecular weight excluding hydrogens is 600 g/mol. The number of halogens is 1. The number of fused-ring (bicyclic) bond motifs is 1. The molecule has 0 radical (unpaired) electrons. The lowest BCUT2D eigenvalue weighted by Gasteiger charge is -2.20. The van der Waals surface area contributed by atoms with Crippen molar-refractivity contribution in [1.29, 1.82) is 5.41 Å². The number of carbonyl (C=O) groups is 1. The van der Waals surface area contributed by atoms with Gasteiger partial charge in [0.1, 0.15) is 18.3 Å². The average molecular weight is 631 g/mol. The minimum absolute atomic E-state index is 0.0749. The van der Waals surface area contributed by atoms with E-state index >= 15 is 0 Å². The molecular formula is C33H31ClN4O5S. The second-order valence-electron chi connectivity index (χ2n) is 9.73. The third-order valence-electron chi connectivity index (χ3n) is 6.59. The van der Waals surface area contributed by atoms with Gasteiger partial charge >= 0.3 is 0 Å². The zero-order chi connectivity index (χ0) is 31.2. The van der Waals surface area contributed by atoms with Crippen molar-refractivity contribution >= 4 is 51.4 Å². The molecule has 44 heavy (non-hydrogen) atoms. The van der Waals surface area contributed by atoms with Crippen molar-refractivity contribution in [2.24, 2.45) is 10.1 Å². The predicted octanol–water partition coefficient (Wildman–Crippen LogP) is 6.91. The van der Waals surface area contributed by atoms with Crippen LogP contribution in [-0.4, -0.2) is 53.9 Å². The molecule has 0 unspecified atom stereocenters. The van der Waals surface area contributed by atoms with Gasteiger partial charge in [0, 0.05) is 5.56 Å². The zero-order valence-corrected chi connectivity index (χ0v) is 26.1. The number of aliphatic imine (C=N–C) groups is 1. The SMILES string of the molecule is C=CCc1ccc(OCCOc2c(Cl)cc(/C=C3/C(=N)N4N=C(c5ccc(C)cc5)SC4=NC3=O)cc2OCC)c(OC)c1. The van der Waals surface area contributed by atoms with Crippen LogP contribution in [0.2, 0.25) is 5.02 Å². The number of rotatable bonds is 12. The highest BCUT2D eigenvalue weighted by Crippen LogP contribution is 2.38. The Balaban J connectivity index is 1.31. The van der Waals surface area contributed by atoms with E-state index < -0.39 is 5.91 Å².